The number of carbonyl (C=O) groups excluding carboxylic acids is 2. The largest absolute Gasteiger partial charge is 0.510 e. The Hall–Kier alpha value is -4.93. The van der Waals surface area contributed by atoms with E-state index in [2.05, 4.69) is 29.9 Å². The number of aliphatic hydroxyl groups is 1. The lowest BCUT2D eigenvalue weighted by Crippen LogP contribution is -2.35. The van der Waals surface area contributed by atoms with Gasteiger partial charge in [-0.25, -0.2) is 52.1 Å². The molecule has 28 nitrogen and oxygen atoms in total. The molecule has 60 heavy (non-hydrogen) atoms. The summed E-state index contributed by atoms with van der Waals surface area (Å²) >= 11 is 0. The van der Waals surface area contributed by atoms with Gasteiger partial charge in [0.2, 0.25) is 19.5 Å². The Morgan fingerprint density at radius 2 is 1.52 bits per heavy atom. The van der Waals surface area contributed by atoms with Gasteiger partial charge < -0.3 is 45.0 Å². The lowest BCUT2D eigenvalue weighted by molar-refractivity contribution is -0.0810. The molecule has 0 aliphatic carbocycles. The minimum atomic E-state index is -5.17. The fraction of sp³-hybridized carbons (Fsp3) is 0.586. The second-order valence-electron chi connectivity index (χ2n) is 12.9. The quantitative estimate of drug-likeness (QED) is 0.0991. The number of imidazole rings is 2. The number of ether oxygens (including phenoxy) is 6. The van der Waals surface area contributed by atoms with E-state index in [1.807, 2.05) is 0 Å². The van der Waals surface area contributed by atoms with Crippen LogP contribution in [-0.4, -0.2) is 133 Å². The molecule has 7 rings (SSSR count). The van der Waals surface area contributed by atoms with Gasteiger partial charge in [0.15, 0.2) is 41.3 Å². The van der Waals surface area contributed by atoms with Crippen molar-refractivity contribution in [3.8, 4) is 0 Å². The molecule has 328 valence electrons. The van der Waals surface area contributed by atoms with Crippen molar-refractivity contribution < 1.29 is 83.8 Å². The van der Waals surface area contributed by atoms with Gasteiger partial charge in [-0.1, -0.05) is 0 Å². The SMILES string of the molecule is CCOC(=O)OCOP1(=O)OC[C@H]2O[C@@H](n3cnc4c(N)ncnc43)C(F)C2OP(=O)(OCOC(=O)OC(C)C)OC[C@H]2O[C@@H](n3cnc4c(=O)[nH]c(N)nc43)C(O1)C2O. The first-order valence-corrected chi connectivity index (χ1v) is 20.6. The predicted molar refractivity (Wildman–Crippen MR) is 191 cm³/mol. The molecule has 31 heteroatoms. The number of carbonyl (C=O) groups is 2. The normalized spacial score (nSPS) is 31.0. The number of phosphoric ester groups is 2. The Kier molecular flexibility index (Phi) is 12.6. The van der Waals surface area contributed by atoms with Crippen molar-refractivity contribution in [2.45, 2.75) is 76.0 Å². The highest BCUT2D eigenvalue weighted by atomic mass is 31.2. The number of hydrogen-bond acceptors (Lipinski definition) is 25. The Bertz CT molecular complexity index is 2370. The number of nitrogens with one attached hydrogen (secondary N) is 1. The summed E-state index contributed by atoms with van der Waals surface area (Å²) < 4.78 is 112. The maximum absolute atomic E-state index is 16.7. The van der Waals surface area contributed by atoms with Gasteiger partial charge in [0.1, 0.15) is 42.4 Å². The average Bonchev–Trinajstić information content (AvgIpc) is 3.94. The van der Waals surface area contributed by atoms with Crippen molar-refractivity contribution in [3.63, 3.8) is 0 Å². The van der Waals surface area contributed by atoms with Crippen LogP contribution in [0.15, 0.2) is 23.8 Å². The van der Waals surface area contributed by atoms with Crippen LogP contribution in [-0.2, 0) is 64.7 Å². The summed E-state index contributed by atoms with van der Waals surface area (Å²) in [5.41, 5.74) is 10.6. The van der Waals surface area contributed by atoms with E-state index in [0.717, 1.165) is 28.1 Å². The summed E-state index contributed by atoms with van der Waals surface area (Å²) in [5.74, 6) is -0.394. The molecule has 3 saturated heterocycles. The number of halogens is 1. The Morgan fingerprint density at radius 1 is 0.900 bits per heavy atom. The lowest BCUT2D eigenvalue weighted by atomic mass is 10.1. The number of hydrogen-bond donors (Lipinski definition) is 4. The van der Waals surface area contributed by atoms with Crippen molar-refractivity contribution in [2.24, 2.45) is 0 Å². The number of nitrogen functional groups attached to an aromatic ring is 2. The number of aromatic nitrogens is 8. The minimum Gasteiger partial charge on any atom is -0.435 e. The van der Waals surface area contributed by atoms with Crippen molar-refractivity contribution in [1.82, 2.24) is 39.0 Å². The summed E-state index contributed by atoms with van der Waals surface area (Å²) in [6.45, 7) is 0.281. The van der Waals surface area contributed by atoms with E-state index >= 15 is 4.39 Å². The number of fused-ring (bicyclic) bond motifs is 5. The number of phosphoric acid groups is 2. The standard InChI is InChI=1S/C29H37FN10O18P2/c1-4-47-28(43)48-10-52-60(46)51-6-14-19(15(30)25(56-14)39-8-35-16-21(31)33-7-34-22(16)39)57-59(45,53-11-49-29(44)54-12(2)3)50-5-13-18(41)20(58-60)26(55-13)40-9-36-17-23(40)37-27(32)38-24(17)42/h7-9,12-15,18-20,25-26,41H,4-6,10-11H2,1-3H3,(H2,31,33,34)(H3,32,37,38,42)/t13-,14-,15?,18?,19?,20?,25-,26-,59?,60?/m1/s1. The van der Waals surface area contributed by atoms with Crippen molar-refractivity contribution >= 4 is 62.1 Å². The molecule has 2 bridgehead atoms. The third-order valence-electron chi connectivity index (χ3n) is 8.63. The number of nitrogens with two attached hydrogens (primary N) is 2. The molecule has 4 aromatic rings. The van der Waals surface area contributed by atoms with E-state index in [4.69, 9.17) is 67.0 Å². The number of alkyl halides is 1. The number of aliphatic hydroxyl groups excluding tert-OH is 1. The molecule has 0 amide bonds. The monoisotopic (exact) mass is 894 g/mol. The molecule has 6 N–H and O–H groups in total. The molecule has 3 aliphatic rings. The Labute approximate surface area is 335 Å². The van der Waals surface area contributed by atoms with Gasteiger partial charge in [-0.15, -0.1) is 0 Å². The summed E-state index contributed by atoms with van der Waals surface area (Å²) in [4.78, 5) is 59.1. The fourth-order valence-electron chi connectivity index (χ4n) is 6.04. The van der Waals surface area contributed by atoms with Crippen LogP contribution >= 0.6 is 15.6 Å². The molecular weight excluding hydrogens is 857 g/mol. The summed E-state index contributed by atoms with van der Waals surface area (Å²) in [6.07, 6.45) is -14.6. The van der Waals surface area contributed by atoms with Gasteiger partial charge in [0, 0.05) is 0 Å². The zero-order valence-corrected chi connectivity index (χ0v) is 33.2. The van der Waals surface area contributed by atoms with Crippen LogP contribution in [0.3, 0.4) is 0 Å². The molecule has 3 aliphatic heterocycles. The summed E-state index contributed by atoms with van der Waals surface area (Å²) in [7, 11) is -10.3. The van der Waals surface area contributed by atoms with E-state index in [1.54, 1.807) is 0 Å². The summed E-state index contributed by atoms with van der Waals surface area (Å²) in [6, 6.07) is 0. The number of aromatic amines is 1. The van der Waals surface area contributed by atoms with Gasteiger partial charge in [-0.3, -0.25) is 37.0 Å². The first kappa shape index (κ1) is 43.2. The number of nitrogens with zero attached hydrogens (tertiary/aromatic N) is 7. The third-order valence-corrected chi connectivity index (χ3v) is 11.4. The Balaban J connectivity index is 1.26. The van der Waals surface area contributed by atoms with Crippen molar-refractivity contribution in [3.05, 3.63) is 29.3 Å². The van der Waals surface area contributed by atoms with Gasteiger partial charge in [0.05, 0.1) is 38.6 Å². The molecule has 0 radical (unpaired) electrons. The van der Waals surface area contributed by atoms with E-state index in [1.165, 1.54) is 20.8 Å². The second kappa shape index (κ2) is 17.6. The molecule has 0 saturated carbocycles. The summed E-state index contributed by atoms with van der Waals surface area (Å²) in [5, 5.41) is 11.6. The number of anilines is 2. The van der Waals surface area contributed by atoms with Gasteiger partial charge in [0.25, 0.3) is 5.56 Å². The molecular formula is C29H37FN10O18P2. The van der Waals surface area contributed by atoms with Crippen LogP contribution in [0.4, 0.5) is 25.7 Å². The molecule has 6 unspecified atom stereocenters. The fourth-order valence-corrected chi connectivity index (χ4v) is 8.54. The first-order valence-electron chi connectivity index (χ1n) is 17.6. The molecule has 0 spiro atoms. The van der Waals surface area contributed by atoms with Crippen LogP contribution < -0.4 is 17.0 Å². The zero-order valence-electron chi connectivity index (χ0n) is 31.4. The molecule has 4 aromatic heterocycles. The maximum atomic E-state index is 16.7. The van der Waals surface area contributed by atoms with E-state index in [0.29, 0.717) is 0 Å². The van der Waals surface area contributed by atoms with Crippen LogP contribution in [0.5, 0.6) is 0 Å². The van der Waals surface area contributed by atoms with E-state index in [-0.39, 0.29) is 40.7 Å². The molecule has 7 heterocycles. The maximum Gasteiger partial charge on any atom is 0.510 e. The van der Waals surface area contributed by atoms with Crippen LogP contribution in [0.25, 0.3) is 22.3 Å². The first-order chi connectivity index (χ1) is 28.6. The van der Waals surface area contributed by atoms with Crippen LogP contribution in [0.1, 0.15) is 33.2 Å². The smallest absolute Gasteiger partial charge is 0.435 e. The van der Waals surface area contributed by atoms with E-state index < -0.39 is 116 Å². The molecule has 3 fully saturated rings. The average molecular weight is 895 g/mol. The number of rotatable bonds is 10. The highest BCUT2D eigenvalue weighted by molar-refractivity contribution is 7.48. The van der Waals surface area contributed by atoms with Crippen molar-refractivity contribution in [2.75, 3.05) is 44.9 Å². The topological polar surface area (TPSA) is 358 Å². The zero-order chi connectivity index (χ0) is 42.9. The molecule has 0 aromatic carbocycles. The van der Waals surface area contributed by atoms with E-state index in [9.17, 15) is 28.6 Å². The van der Waals surface area contributed by atoms with Gasteiger partial charge in [-0.05, 0) is 20.8 Å². The Morgan fingerprint density at radius 3 is 2.20 bits per heavy atom. The number of H-pyrrole nitrogens is 1. The second-order valence-corrected chi connectivity index (χ2v) is 16.2. The lowest BCUT2D eigenvalue weighted by Gasteiger charge is -2.28. The van der Waals surface area contributed by atoms with Crippen molar-refractivity contribution in [1.29, 1.82) is 0 Å². The van der Waals surface area contributed by atoms with Crippen LogP contribution in [0.2, 0.25) is 0 Å². The van der Waals surface area contributed by atoms with Gasteiger partial charge >= 0.3 is 28.0 Å². The predicted octanol–water partition coefficient (Wildman–Crippen LogP) is 1.33. The third kappa shape index (κ3) is 9.05. The highest BCUT2D eigenvalue weighted by Crippen LogP contribution is 2.58. The molecule has 10 atom stereocenters. The van der Waals surface area contributed by atoms with Crippen LogP contribution in [0, 0.1) is 0 Å². The minimum absolute atomic E-state index is 0.00471. The van der Waals surface area contributed by atoms with Gasteiger partial charge in [-0.2, -0.15) is 4.98 Å². The highest BCUT2D eigenvalue weighted by Gasteiger charge is 2.55.